The molecule has 0 radical (unpaired) electrons. The van der Waals surface area contributed by atoms with Gasteiger partial charge in [0.15, 0.2) is 0 Å². The zero-order valence-electron chi connectivity index (χ0n) is 14.9. The van der Waals surface area contributed by atoms with E-state index in [1.54, 1.807) is 6.08 Å². The molecule has 0 amide bonds. The number of rotatable bonds is 7. The van der Waals surface area contributed by atoms with Crippen LogP contribution in [0, 0.1) is 17.8 Å². The largest absolute Gasteiger partial charge is 1.00 e. The molecule has 0 aromatic carbocycles. The molecule has 4 N–H and O–H groups in total. The van der Waals surface area contributed by atoms with Gasteiger partial charge in [-0.1, -0.05) is 25.2 Å². The summed E-state index contributed by atoms with van der Waals surface area (Å²) in [5, 5.41) is 50.3. The van der Waals surface area contributed by atoms with Crippen LogP contribution >= 0.6 is 0 Å². The molecule has 7 atom stereocenters. The van der Waals surface area contributed by atoms with Crippen LogP contribution in [0.4, 0.5) is 0 Å². The minimum Gasteiger partial charge on any atom is -0.849 e. The summed E-state index contributed by atoms with van der Waals surface area (Å²) in [6.07, 6.45) is 3.20. The Morgan fingerprint density at radius 1 is 1.36 bits per heavy atom. The molecule has 0 heterocycles. The van der Waals surface area contributed by atoms with Gasteiger partial charge in [-0.05, 0) is 43.1 Å². The Morgan fingerprint density at radius 2 is 2.04 bits per heavy atom. The molecule has 0 fully saturated rings. The van der Waals surface area contributed by atoms with E-state index in [1.807, 2.05) is 12.2 Å². The molecule has 0 aromatic heterocycles. The Balaban J connectivity index is 0.00000312. The molecule has 0 spiro atoms. The first kappa shape index (κ1) is 22.8. The second-order valence-electron chi connectivity index (χ2n) is 7.13. The second-order valence-corrected chi connectivity index (χ2v) is 7.13. The molecule has 7 heteroatoms. The molecule has 0 bridgehead atoms. The van der Waals surface area contributed by atoms with Crippen LogP contribution in [0.2, 0.25) is 0 Å². The molecule has 0 aromatic rings. The Hall–Kier alpha value is -0.210. The topological polar surface area (TPSA) is 121 Å². The number of carbonyl (C=O) groups is 1. The van der Waals surface area contributed by atoms with Crippen molar-refractivity contribution in [2.24, 2.45) is 17.8 Å². The minimum atomic E-state index is -1.09. The summed E-state index contributed by atoms with van der Waals surface area (Å²) in [5.41, 5.74) is 0.886. The van der Waals surface area contributed by atoms with Crippen molar-refractivity contribution in [3.8, 4) is 0 Å². The first-order chi connectivity index (χ1) is 11.3. The van der Waals surface area contributed by atoms with Crippen LogP contribution in [0.1, 0.15) is 39.0 Å². The third-order valence-electron chi connectivity index (χ3n) is 5.17. The molecule has 2 rings (SSSR count). The van der Waals surface area contributed by atoms with Crippen LogP contribution in [-0.4, -0.2) is 50.8 Å². The van der Waals surface area contributed by atoms with E-state index in [9.17, 15) is 25.2 Å². The summed E-state index contributed by atoms with van der Waals surface area (Å²) in [4.78, 5) is 10.6. The number of allylic oxidation sites excluding steroid dienone is 2. The number of aliphatic hydroxyl groups is 3. The van der Waals surface area contributed by atoms with Crippen molar-refractivity contribution < 1.29 is 59.9 Å². The van der Waals surface area contributed by atoms with Gasteiger partial charge in [-0.25, -0.2) is 0 Å². The summed E-state index contributed by atoms with van der Waals surface area (Å²) in [7, 11) is 0. The number of aliphatic carboxylic acids is 1. The number of hydrogen-bond acceptors (Lipinski definition) is 5. The average Bonchev–Trinajstić information content (AvgIpc) is 2.45. The van der Waals surface area contributed by atoms with Crippen molar-refractivity contribution in [2.45, 2.75) is 63.4 Å². The van der Waals surface area contributed by atoms with Crippen LogP contribution in [0.5, 0.6) is 0 Å². The van der Waals surface area contributed by atoms with Gasteiger partial charge in [-0.3, -0.25) is 4.79 Å². The molecule has 0 saturated heterocycles. The van der Waals surface area contributed by atoms with Gasteiger partial charge in [0.1, 0.15) is 0 Å². The fraction of sp³-hybridized carbons (Fsp3) is 0.722. The summed E-state index contributed by atoms with van der Waals surface area (Å²) in [5.74, 6) is -0.837. The van der Waals surface area contributed by atoms with Crippen LogP contribution in [0.25, 0.3) is 0 Å². The van der Waals surface area contributed by atoms with Crippen LogP contribution in [-0.2, 0) is 4.79 Å². The molecule has 0 saturated carbocycles. The molecule has 25 heavy (non-hydrogen) atoms. The maximum atomic E-state index is 11.7. The summed E-state index contributed by atoms with van der Waals surface area (Å²) >= 11 is 0. The zero-order valence-corrected chi connectivity index (χ0v) is 16.9. The monoisotopic (exact) mass is 362 g/mol. The van der Waals surface area contributed by atoms with Gasteiger partial charge >= 0.3 is 35.5 Å². The number of carboxylic acid groups (broad SMARTS) is 1. The first-order valence-corrected chi connectivity index (χ1v) is 8.59. The molecule has 136 valence electrons. The van der Waals surface area contributed by atoms with Crippen molar-refractivity contribution >= 4 is 5.97 Å². The molecular formula is C18H27NaO6. The summed E-state index contributed by atoms with van der Waals surface area (Å²) < 4.78 is 0. The third-order valence-corrected chi connectivity index (χ3v) is 5.17. The molecule has 6 nitrogen and oxygen atoms in total. The Morgan fingerprint density at radius 3 is 2.68 bits per heavy atom. The number of hydrogen-bond donors (Lipinski definition) is 4. The normalized spacial score (nSPS) is 33.6. The maximum Gasteiger partial charge on any atom is 1.00 e. The van der Waals surface area contributed by atoms with E-state index in [0.29, 0.717) is 12.8 Å². The van der Waals surface area contributed by atoms with Crippen LogP contribution in [0.15, 0.2) is 23.8 Å². The third kappa shape index (κ3) is 6.47. The van der Waals surface area contributed by atoms with Crippen molar-refractivity contribution in [2.75, 3.05) is 0 Å². The van der Waals surface area contributed by atoms with Crippen molar-refractivity contribution in [1.82, 2.24) is 0 Å². The van der Waals surface area contributed by atoms with E-state index in [2.05, 4.69) is 6.92 Å². The van der Waals surface area contributed by atoms with Crippen molar-refractivity contribution in [3.63, 3.8) is 0 Å². The Bertz CT molecular complexity index is 506. The van der Waals surface area contributed by atoms with Gasteiger partial charge in [0.25, 0.3) is 0 Å². The molecule has 2 aliphatic rings. The fourth-order valence-corrected chi connectivity index (χ4v) is 3.98. The predicted molar refractivity (Wildman–Crippen MR) is 85.9 cm³/mol. The maximum absolute atomic E-state index is 11.7. The van der Waals surface area contributed by atoms with Gasteiger partial charge in [-0.2, -0.15) is 0 Å². The molecule has 0 aliphatic heterocycles. The molecular weight excluding hydrogens is 335 g/mol. The SMILES string of the molecule is C[C@H]1C=CC2=C[C@@H]([O-])C[C@H](O)[C@@H]2[C@H]1CC[C@@H](O)C[C@@H](O)CC(=O)O.[Na+]. The van der Waals surface area contributed by atoms with E-state index in [-0.39, 0.29) is 66.6 Å². The van der Waals surface area contributed by atoms with E-state index in [4.69, 9.17) is 5.11 Å². The quantitative estimate of drug-likeness (QED) is 0.364. The van der Waals surface area contributed by atoms with Gasteiger partial charge in [0.2, 0.25) is 0 Å². The molecule has 0 unspecified atom stereocenters. The number of fused-ring (bicyclic) bond motifs is 1. The fourth-order valence-electron chi connectivity index (χ4n) is 3.98. The van der Waals surface area contributed by atoms with E-state index >= 15 is 0 Å². The smallest absolute Gasteiger partial charge is 0.849 e. The van der Waals surface area contributed by atoms with Gasteiger partial charge in [0.05, 0.1) is 24.7 Å². The predicted octanol–water partition coefficient (Wildman–Crippen LogP) is -2.78. The first-order valence-electron chi connectivity index (χ1n) is 8.59. The van der Waals surface area contributed by atoms with Gasteiger partial charge in [-0.15, -0.1) is 6.10 Å². The van der Waals surface area contributed by atoms with Crippen LogP contribution in [0.3, 0.4) is 0 Å². The van der Waals surface area contributed by atoms with Crippen molar-refractivity contribution in [1.29, 1.82) is 0 Å². The Labute approximate surface area is 170 Å². The minimum absolute atomic E-state index is 0. The summed E-state index contributed by atoms with van der Waals surface area (Å²) in [6.45, 7) is 2.06. The van der Waals surface area contributed by atoms with Gasteiger partial charge in [0, 0.05) is 5.92 Å². The van der Waals surface area contributed by atoms with E-state index < -0.39 is 30.4 Å². The second kappa shape index (κ2) is 10.2. The van der Waals surface area contributed by atoms with E-state index in [1.165, 1.54) is 0 Å². The zero-order chi connectivity index (χ0) is 17.9. The summed E-state index contributed by atoms with van der Waals surface area (Å²) in [6, 6.07) is 0. The number of aliphatic hydroxyl groups excluding tert-OH is 3. The molecule has 2 aliphatic carbocycles. The Kier molecular flexibility index (Phi) is 9.32. The van der Waals surface area contributed by atoms with Crippen LogP contribution < -0.4 is 34.7 Å². The van der Waals surface area contributed by atoms with Crippen molar-refractivity contribution in [3.05, 3.63) is 23.8 Å². The average molecular weight is 362 g/mol. The number of carboxylic acids is 1. The van der Waals surface area contributed by atoms with Gasteiger partial charge < -0.3 is 25.5 Å². The standard InChI is InChI=1S/C18H27O6.Na/c1-10-2-3-11-6-13(20)8-16(22)18(11)15(10)5-4-12(19)7-14(21)9-17(23)24;/h2-3,6,10,12-16,18-19,21-22H,4-5,7-9H2,1H3,(H,23,24);/q-1;+1/t10-,12+,13+,14+,15-,16-,18-;/m0./s1. The van der Waals surface area contributed by atoms with E-state index in [0.717, 1.165) is 5.57 Å².